The molecular weight excluding hydrogens is 252 g/mol. The number of aliphatic hydroxyl groups is 1. The van der Waals surface area contributed by atoms with Crippen LogP contribution in [0.5, 0.6) is 0 Å². The summed E-state index contributed by atoms with van der Waals surface area (Å²) in [7, 11) is 0. The highest BCUT2D eigenvalue weighted by Crippen LogP contribution is 2.28. The second-order valence-electron chi connectivity index (χ2n) is 7.25. The first-order chi connectivity index (χ1) is 9.27. The first kappa shape index (κ1) is 17.5. The number of carbonyl (C=O) groups is 1. The lowest BCUT2D eigenvalue weighted by Crippen LogP contribution is -2.31. The molecule has 0 aromatic heterocycles. The molecule has 0 radical (unpaired) electrons. The number of carbonyl (C=O) groups excluding carboxylic acids is 1. The standard InChI is InChI=1S/C17H32O3/c1-5-16(2,3)15(18)20-14-10-7-6-8-12-17(4,19)13-9-11-14/h14,19H,5-13H2,1-4H3. The van der Waals surface area contributed by atoms with Crippen LogP contribution >= 0.6 is 0 Å². The first-order valence-electron chi connectivity index (χ1n) is 8.20. The fourth-order valence-electron chi connectivity index (χ4n) is 2.61. The maximum Gasteiger partial charge on any atom is 0.311 e. The van der Waals surface area contributed by atoms with Crippen LogP contribution in [0.25, 0.3) is 0 Å². The Balaban J connectivity index is 2.53. The SMILES string of the molecule is CCC(C)(C)C(=O)OC1CCCCCC(C)(O)CCC1. The fraction of sp³-hybridized carbons (Fsp3) is 0.941. The van der Waals surface area contributed by atoms with Gasteiger partial charge in [0, 0.05) is 0 Å². The van der Waals surface area contributed by atoms with Crippen LogP contribution in [0.15, 0.2) is 0 Å². The van der Waals surface area contributed by atoms with Crippen molar-refractivity contribution >= 4 is 5.97 Å². The van der Waals surface area contributed by atoms with Gasteiger partial charge in [0.2, 0.25) is 0 Å². The Morgan fingerprint density at radius 3 is 2.45 bits per heavy atom. The van der Waals surface area contributed by atoms with Crippen molar-refractivity contribution in [2.45, 2.75) is 97.2 Å². The molecule has 1 rings (SSSR count). The van der Waals surface area contributed by atoms with Crippen molar-refractivity contribution in [3.8, 4) is 0 Å². The van der Waals surface area contributed by atoms with Crippen LogP contribution in [-0.4, -0.2) is 22.8 Å². The van der Waals surface area contributed by atoms with E-state index >= 15 is 0 Å². The van der Waals surface area contributed by atoms with Gasteiger partial charge < -0.3 is 9.84 Å². The summed E-state index contributed by atoms with van der Waals surface area (Å²) in [6.07, 6.45) is 8.55. The normalized spacial score (nSPS) is 29.8. The molecule has 0 spiro atoms. The molecule has 20 heavy (non-hydrogen) atoms. The summed E-state index contributed by atoms with van der Waals surface area (Å²) in [5, 5.41) is 10.2. The zero-order valence-electron chi connectivity index (χ0n) is 13.7. The van der Waals surface area contributed by atoms with Crippen molar-refractivity contribution < 1.29 is 14.6 Å². The summed E-state index contributed by atoms with van der Waals surface area (Å²) in [6, 6.07) is 0. The number of hydrogen-bond donors (Lipinski definition) is 1. The quantitative estimate of drug-likeness (QED) is 0.789. The van der Waals surface area contributed by atoms with Gasteiger partial charge in [0.05, 0.1) is 11.0 Å². The lowest BCUT2D eigenvalue weighted by Gasteiger charge is -2.28. The molecule has 1 aliphatic rings. The van der Waals surface area contributed by atoms with E-state index in [-0.39, 0.29) is 17.5 Å². The molecule has 0 bridgehead atoms. The maximum atomic E-state index is 12.2. The molecule has 1 fully saturated rings. The molecule has 0 aromatic carbocycles. The van der Waals surface area contributed by atoms with Gasteiger partial charge in [0.25, 0.3) is 0 Å². The third-order valence-electron chi connectivity index (χ3n) is 4.69. The van der Waals surface area contributed by atoms with Gasteiger partial charge in [-0.25, -0.2) is 0 Å². The maximum absolute atomic E-state index is 12.2. The summed E-state index contributed by atoms with van der Waals surface area (Å²) < 4.78 is 5.73. The number of esters is 1. The molecule has 1 aliphatic carbocycles. The second-order valence-corrected chi connectivity index (χ2v) is 7.25. The van der Waals surface area contributed by atoms with E-state index in [1.807, 2.05) is 27.7 Å². The third kappa shape index (κ3) is 5.82. The topological polar surface area (TPSA) is 46.5 Å². The lowest BCUT2D eigenvalue weighted by atomic mass is 9.88. The number of ether oxygens (including phenoxy) is 1. The fourth-order valence-corrected chi connectivity index (χ4v) is 2.61. The highest BCUT2D eigenvalue weighted by molar-refractivity contribution is 5.75. The van der Waals surface area contributed by atoms with Crippen molar-refractivity contribution in [1.82, 2.24) is 0 Å². The van der Waals surface area contributed by atoms with E-state index < -0.39 is 5.60 Å². The van der Waals surface area contributed by atoms with Gasteiger partial charge in [-0.1, -0.05) is 19.8 Å². The molecule has 0 heterocycles. The van der Waals surface area contributed by atoms with E-state index in [9.17, 15) is 9.90 Å². The van der Waals surface area contributed by atoms with E-state index in [1.54, 1.807) is 0 Å². The van der Waals surface area contributed by atoms with Crippen molar-refractivity contribution in [3.63, 3.8) is 0 Å². The number of rotatable bonds is 3. The van der Waals surface area contributed by atoms with Crippen LogP contribution in [0.4, 0.5) is 0 Å². The lowest BCUT2D eigenvalue weighted by molar-refractivity contribution is -0.160. The van der Waals surface area contributed by atoms with E-state index in [0.29, 0.717) is 0 Å². The van der Waals surface area contributed by atoms with Crippen LogP contribution < -0.4 is 0 Å². The van der Waals surface area contributed by atoms with Gasteiger partial charge in [0.1, 0.15) is 6.10 Å². The van der Waals surface area contributed by atoms with Gasteiger partial charge in [-0.3, -0.25) is 4.79 Å². The van der Waals surface area contributed by atoms with Crippen molar-refractivity contribution in [3.05, 3.63) is 0 Å². The minimum atomic E-state index is -0.547. The first-order valence-corrected chi connectivity index (χ1v) is 8.20. The Kier molecular flexibility index (Phi) is 6.50. The molecule has 2 unspecified atom stereocenters. The molecule has 3 heteroatoms. The zero-order valence-corrected chi connectivity index (χ0v) is 13.7. The molecule has 1 saturated carbocycles. The average Bonchev–Trinajstić information content (AvgIpc) is 2.37. The van der Waals surface area contributed by atoms with Crippen molar-refractivity contribution in [2.24, 2.45) is 5.41 Å². The molecule has 1 N–H and O–H groups in total. The van der Waals surface area contributed by atoms with Crippen LogP contribution in [0, 0.1) is 5.41 Å². The molecule has 0 aliphatic heterocycles. The van der Waals surface area contributed by atoms with Crippen LogP contribution in [0.1, 0.15) is 85.5 Å². The summed E-state index contributed by atoms with van der Waals surface area (Å²) in [5.41, 5.74) is -0.935. The molecular formula is C17H32O3. The minimum Gasteiger partial charge on any atom is -0.462 e. The highest BCUT2D eigenvalue weighted by atomic mass is 16.5. The summed E-state index contributed by atoms with van der Waals surface area (Å²) >= 11 is 0. The van der Waals surface area contributed by atoms with Crippen LogP contribution in [0.2, 0.25) is 0 Å². The van der Waals surface area contributed by atoms with E-state index in [1.165, 1.54) is 0 Å². The van der Waals surface area contributed by atoms with Crippen LogP contribution in [0.3, 0.4) is 0 Å². The molecule has 2 atom stereocenters. The van der Waals surface area contributed by atoms with Crippen molar-refractivity contribution in [1.29, 1.82) is 0 Å². The third-order valence-corrected chi connectivity index (χ3v) is 4.69. The van der Waals surface area contributed by atoms with Crippen LogP contribution in [-0.2, 0) is 9.53 Å². The monoisotopic (exact) mass is 284 g/mol. The zero-order chi connectivity index (χ0) is 15.2. The minimum absolute atomic E-state index is 0.0298. The molecule has 3 nitrogen and oxygen atoms in total. The molecule has 0 saturated heterocycles. The number of hydrogen-bond acceptors (Lipinski definition) is 3. The van der Waals surface area contributed by atoms with E-state index in [0.717, 1.165) is 57.8 Å². The molecule has 0 aromatic rings. The molecule has 0 amide bonds. The van der Waals surface area contributed by atoms with Crippen molar-refractivity contribution in [2.75, 3.05) is 0 Å². The summed E-state index contributed by atoms with van der Waals surface area (Å²) in [6.45, 7) is 7.84. The van der Waals surface area contributed by atoms with E-state index in [4.69, 9.17) is 4.74 Å². The van der Waals surface area contributed by atoms with Gasteiger partial charge in [-0.2, -0.15) is 0 Å². The summed E-state index contributed by atoms with van der Waals surface area (Å²) in [5.74, 6) is -0.0752. The second kappa shape index (κ2) is 7.44. The Hall–Kier alpha value is -0.570. The Labute approximate surface area is 124 Å². The summed E-state index contributed by atoms with van der Waals surface area (Å²) in [4.78, 5) is 12.2. The van der Waals surface area contributed by atoms with Gasteiger partial charge in [0.15, 0.2) is 0 Å². The average molecular weight is 284 g/mol. The van der Waals surface area contributed by atoms with Gasteiger partial charge in [-0.05, 0) is 65.7 Å². The van der Waals surface area contributed by atoms with Gasteiger partial charge >= 0.3 is 5.97 Å². The smallest absolute Gasteiger partial charge is 0.311 e. The Morgan fingerprint density at radius 2 is 1.80 bits per heavy atom. The molecule has 118 valence electrons. The Morgan fingerprint density at radius 1 is 1.20 bits per heavy atom. The van der Waals surface area contributed by atoms with Gasteiger partial charge in [-0.15, -0.1) is 0 Å². The Bertz CT molecular complexity index is 307. The van der Waals surface area contributed by atoms with E-state index in [2.05, 4.69) is 0 Å². The largest absolute Gasteiger partial charge is 0.462 e. The highest BCUT2D eigenvalue weighted by Gasteiger charge is 2.30. The predicted molar refractivity (Wildman–Crippen MR) is 81.5 cm³/mol. The predicted octanol–water partition coefficient (Wildman–Crippen LogP) is 4.22.